The van der Waals surface area contributed by atoms with Crippen LogP contribution < -0.4 is 10.0 Å². The normalized spacial score (nSPS) is 15.1. The minimum Gasteiger partial charge on any atom is -0.310 e. The third kappa shape index (κ3) is 4.06. The van der Waals surface area contributed by atoms with Crippen molar-refractivity contribution in [3.8, 4) is 0 Å². The lowest BCUT2D eigenvalue weighted by molar-refractivity contribution is 0.603. The molecular formula is C14H15BrN2O2S2. The molecule has 1 aliphatic rings. The standard InChI is InChI=1S/C14H15BrN2O2S2/c15-13-7-8-14(20-13)21(18,19)17-12-3-1-10(2-4-12)9-16-11-5-6-11/h1-4,7-8,11,16-17H,5-6,9H2. The maximum absolute atomic E-state index is 12.2. The predicted molar refractivity (Wildman–Crippen MR) is 89.1 cm³/mol. The van der Waals surface area contributed by atoms with E-state index in [1.54, 1.807) is 24.3 Å². The molecular weight excluding hydrogens is 372 g/mol. The molecule has 112 valence electrons. The van der Waals surface area contributed by atoms with Crippen LogP contribution in [0.1, 0.15) is 18.4 Å². The van der Waals surface area contributed by atoms with Gasteiger partial charge in [0.1, 0.15) is 4.21 Å². The van der Waals surface area contributed by atoms with Gasteiger partial charge in [-0.05, 0) is 58.6 Å². The van der Waals surface area contributed by atoms with Gasteiger partial charge in [-0.2, -0.15) is 0 Å². The Labute approximate surface area is 136 Å². The van der Waals surface area contributed by atoms with Crippen molar-refractivity contribution in [3.63, 3.8) is 0 Å². The first-order valence-electron chi connectivity index (χ1n) is 6.63. The highest BCUT2D eigenvalue weighted by Gasteiger charge is 2.20. The van der Waals surface area contributed by atoms with Crippen molar-refractivity contribution in [2.75, 3.05) is 4.72 Å². The van der Waals surface area contributed by atoms with Crippen LogP contribution in [-0.2, 0) is 16.6 Å². The summed E-state index contributed by atoms with van der Waals surface area (Å²) < 4.78 is 28.1. The number of nitrogens with one attached hydrogen (secondary N) is 2. The molecule has 1 aromatic carbocycles. The molecule has 21 heavy (non-hydrogen) atoms. The molecule has 0 saturated heterocycles. The third-order valence-corrected chi connectivity index (χ3v) is 6.69. The Kier molecular flexibility index (Phi) is 4.35. The zero-order valence-electron chi connectivity index (χ0n) is 11.2. The topological polar surface area (TPSA) is 58.2 Å². The molecule has 0 unspecified atom stereocenters. The fraction of sp³-hybridized carbons (Fsp3) is 0.286. The van der Waals surface area contributed by atoms with Crippen molar-refractivity contribution in [2.24, 2.45) is 0 Å². The zero-order chi connectivity index (χ0) is 14.9. The van der Waals surface area contributed by atoms with Crippen molar-refractivity contribution < 1.29 is 8.42 Å². The van der Waals surface area contributed by atoms with E-state index in [0.717, 1.165) is 15.9 Å². The molecule has 0 atom stereocenters. The van der Waals surface area contributed by atoms with Crippen LogP contribution in [0.5, 0.6) is 0 Å². The molecule has 1 saturated carbocycles. The van der Waals surface area contributed by atoms with Crippen LogP contribution in [-0.4, -0.2) is 14.5 Å². The average Bonchev–Trinajstić information content (AvgIpc) is 3.17. The van der Waals surface area contributed by atoms with Gasteiger partial charge in [0, 0.05) is 18.3 Å². The Hall–Kier alpha value is -0.890. The van der Waals surface area contributed by atoms with E-state index in [9.17, 15) is 8.42 Å². The van der Waals surface area contributed by atoms with Crippen LogP contribution in [0.25, 0.3) is 0 Å². The molecule has 0 radical (unpaired) electrons. The first-order chi connectivity index (χ1) is 10.0. The lowest BCUT2D eigenvalue weighted by Crippen LogP contribution is -2.15. The maximum atomic E-state index is 12.2. The van der Waals surface area contributed by atoms with Crippen molar-refractivity contribution in [1.29, 1.82) is 0 Å². The fourth-order valence-electron chi connectivity index (χ4n) is 1.89. The summed E-state index contributed by atoms with van der Waals surface area (Å²) in [5.41, 5.74) is 1.73. The minimum atomic E-state index is -3.50. The minimum absolute atomic E-state index is 0.300. The smallest absolute Gasteiger partial charge is 0.271 e. The molecule has 1 fully saturated rings. The highest BCUT2D eigenvalue weighted by molar-refractivity contribution is 9.11. The van der Waals surface area contributed by atoms with Gasteiger partial charge in [-0.15, -0.1) is 11.3 Å². The summed E-state index contributed by atoms with van der Waals surface area (Å²) in [5.74, 6) is 0. The SMILES string of the molecule is O=S(=O)(Nc1ccc(CNC2CC2)cc1)c1ccc(Br)s1. The summed E-state index contributed by atoms with van der Waals surface area (Å²) in [6.07, 6.45) is 2.52. The van der Waals surface area contributed by atoms with Gasteiger partial charge in [0.2, 0.25) is 0 Å². The molecule has 0 bridgehead atoms. The van der Waals surface area contributed by atoms with E-state index in [4.69, 9.17) is 0 Å². The van der Waals surface area contributed by atoms with Crippen LogP contribution in [0, 0.1) is 0 Å². The number of thiophene rings is 1. The number of benzene rings is 1. The number of halogens is 1. The first-order valence-corrected chi connectivity index (χ1v) is 9.73. The Bertz CT molecular complexity index is 722. The summed E-state index contributed by atoms with van der Waals surface area (Å²) in [6.45, 7) is 0.829. The lowest BCUT2D eigenvalue weighted by Gasteiger charge is -2.08. The van der Waals surface area contributed by atoms with E-state index >= 15 is 0 Å². The van der Waals surface area contributed by atoms with Gasteiger partial charge in [0.05, 0.1) is 3.79 Å². The highest BCUT2D eigenvalue weighted by Crippen LogP contribution is 2.27. The molecule has 0 aliphatic heterocycles. The molecule has 0 amide bonds. The average molecular weight is 387 g/mol. The van der Waals surface area contributed by atoms with E-state index in [1.807, 2.05) is 12.1 Å². The number of hydrogen-bond donors (Lipinski definition) is 2. The largest absolute Gasteiger partial charge is 0.310 e. The Balaban J connectivity index is 1.66. The maximum Gasteiger partial charge on any atom is 0.271 e. The monoisotopic (exact) mass is 386 g/mol. The summed E-state index contributed by atoms with van der Waals surface area (Å²) in [5, 5.41) is 3.43. The molecule has 4 nitrogen and oxygen atoms in total. The summed E-state index contributed by atoms with van der Waals surface area (Å²) in [6, 6.07) is 11.5. The van der Waals surface area contributed by atoms with Gasteiger partial charge in [-0.1, -0.05) is 12.1 Å². The van der Waals surface area contributed by atoms with E-state index in [-0.39, 0.29) is 0 Å². The number of anilines is 1. The Morgan fingerprint density at radius 2 is 1.86 bits per heavy atom. The van der Waals surface area contributed by atoms with Crippen LogP contribution in [0.3, 0.4) is 0 Å². The van der Waals surface area contributed by atoms with Gasteiger partial charge in [0.25, 0.3) is 10.0 Å². The second kappa shape index (κ2) is 6.08. The third-order valence-electron chi connectivity index (χ3n) is 3.19. The van der Waals surface area contributed by atoms with Crippen LogP contribution in [0.15, 0.2) is 44.4 Å². The number of sulfonamides is 1. The van der Waals surface area contributed by atoms with Crippen molar-refractivity contribution >= 4 is 43.0 Å². The molecule has 2 N–H and O–H groups in total. The molecule has 0 spiro atoms. The Morgan fingerprint density at radius 1 is 1.14 bits per heavy atom. The summed E-state index contributed by atoms with van der Waals surface area (Å²) >= 11 is 4.46. The highest BCUT2D eigenvalue weighted by atomic mass is 79.9. The van der Waals surface area contributed by atoms with Crippen molar-refractivity contribution in [2.45, 2.75) is 29.6 Å². The molecule has 1 aliphatic carbocycles. The predicted octanol–water partition coefficient (Wildman–Crippen LogP) is 3.56. The molecule has 2 aromatic rings. The van der Waals surface area contributed by atoms with E-state index < -0.39 is 10.0 Å². The van der Waals surface area contributed by atoms with Crippen LogP contribution in [0.2, 0.25) is 0 Å². The van der Waals surface area contributed by atoms with Gasteiger partial charge in [-0.3, -0.25) is 4.72 Å². The quantitative estimate of drug-likeness (QED) is 0.797. The van der Waals surface area contributed by atoms with Gasteiger partial charge < -0.3 is 5.32 Å². The van der Waals surface area contributed by atoms with Crippen molar-refractivity contribution in [3.05, 3.63) is 45.7 Å². The zero-order valence-corrected chi connectivity index (χ0v) is 14.4. The molecule has 1 heterocycles. The summed E-state index contributed by atoms with van der Waals surface area (Å²) in [4.78, 5) is 0. The molecule has 7 heteroatoms. The molecule has 1 aromatic heterocycles. The first kappa shape index (κ1) is 15.0. The summed E-state index contributed by atoms with van der Waals surface area (Å²) in [7, 11) is -3.50. The lowest BCUT2D eigenvalue weighted by atomic mass is 10.2. The van der Waals surface area contributed by atoms with Crippen LogP contribution in [0.4, 0.5) is 5.69 Å². The second-order valence-corrected chi connectivity index (χ2v) is 9.39. The van der Waals surface area contributed by atoms with Crippen molar-refractivity contribution in [1.82, 2.24) is 5.32 Å². The van der Waals surface area contributed by atoms with E-state index in [2.05, 4.69) is 26.0 Å². The molecule has 3 rings (SSSR count). The van der Waals surface area contributed by atoms with E-state index in [1.165, 1.54) is 24.2 Å². The number of hydrogen-bond acceptors (Lipinski definition) is 4. The van der Waals surface area contributed by atoms with Gasteiger partial charge >= 0.3 is 0 Å². The second-order valence-electron chi connectivity index (χ2n) is 5.02. The fourth-order valence-corrected chi connectivity index (χ4v) is 4.96. The Morgan fingerprint density at radius 3 is 2.43 bits per heavy atom. The van der Waals surface area contributed by atoms with E-state index in [0.29, 0.717) is 15.9 Å². The van der Waals surface area contributed by atoms with Crippen LogP contribution >= 0.6 is 27.3 Å². The number of rotatable bonds is 6. The van der Waals surface area contributed by atoms with Gasteiger partial charge in [-0.25, -0.2) is 8.42 Å². The van der Waals surface area contributed by atoms with Gasteiger partial charge in [0.15, 0.2) is 0 Å².